The van der Waals surface area contributed by atoms with Crippen molar-refractivity contribution in [3.05, 3.63) is 48.3 Å². The summed E-state index contributed by atoms with van der Waals surface area (Å²) in [5.74, 6) is -0.0622. The average molecular weight is 231 g/mol. The standard InChI is InChI=1S/C14H14FNO/c1-2-17-14-8-5-11(9-13(14)15)10-3-6-12(16)7-4-10/h3-9H,2,16H2,1H3. The molecular formula is C14H14FNO. The van der Waals surface area contributed by atoms with E-state index in [1.54, 1.807) is 18.2 Å². The Bertz CT molecular complexity index is 508. The molecular weight excluding hydrogens is 217 g/mol. The molecule has 2 N–H and O–H groups in total. The van der Waals surface area contributed by atoms with Gasteiger partial charge in [-0.2, -0.15) is 0 Å². The molecule has 17 heavy (non-hydrogen) atoms. The minimum absolute atomic E-state index is 0.284. The van der Waals surface area contributed by atoms with Crippen molar-refractivity contribution in [3.63, 3.8) is 0 Å². The highest BCUT2D eigenvalue weighted by molar-refractivity contribution is 5.66. The van der Waals surface area contributed by atoms with Gasteiger partial charge in [0.15, 0.2) is 11.6 Å². The fourth-order valence-corrected chi connectivity index (χ4v) is 1.63. The fraction of sp³-hybridized carbons (Fsp3) is 0.143. The molecule has 0 aliphatic carbocycles. The maximum atomic E-state index is 13.7. The molecule has 2 aromatic rings. The predicted molar refractivity (Wildman–Crippen MR) is 67.4 cm³/mol. The van der Waals surface area contributed by atoms with E-state index in [-0.39, 0.29) is 11.6 Å². The third-order valence-corrected chi connectivity index (χ3v) is 2.48. The Morgan fingerprint density at radius 2 is 1.71 bits per heavy atom. The topological polar surface area (TPSA) is 35.2 Å². The number of hydrogen-bond acceptors (Lipinski definition) is 2. The van der Waals surface area contributed by atoms with E-state index in [0.717, 1.165) is 11.1 Å². The number of ether oxygens (including phenoxy) is 1. The summed E-state index contributed by atoms with van der Waals surface area (Å²) in [4.78, 5) is 0. The molecule has 2 aromatic carbocycles. The fourth-order valence-electron chi connectivity index (χ4n) is 1.63. The molecule has 88 valence electrons. The summed E-state index contributed by atoms with van der Waals surface area (Å²) < 4.78 is 18.8. The number of benzene rings is 2. The van der Waals surface area contributed by atoms with E-state index in [1.165, 1.54) is 6.07 Å². The van der Waals surface area contributed by atoms with E-state index >= 15 is 0 Å². The van der Waals surface area contributed by atoms with Crippen LogP contribution >= 0.6 is 0 Å². The number of nitrogens with two attached hydrogens (primary N) is 1. The van der Waals surface area contributed by atoms with E-state index in [9.17, 15) is 4.39 Å². The first-order valence-electron chi connectivity index (χ1n) is 5.49. The van der Waals surface area contributed by atoms with Gasteiger partial charge in [-0.15, -0.1) is 0 Å². The molecule has 0 radical (unpaired) electrons. The van der Waals surface area contributed by atoms with Gasteiger partial charge < -0.3 is 10.5 Å². The molecule has 0 fully saturated rings. The largest absolute Gasteiger partial charge is 0.491 e. The molecule has 0 saturated heterocycles. The van der Waals surface area contributed by atoms with Gasteiger partial charge in [0.2, 0.25) is 0 Å². The van der Waals surface area contributed by atoms with E-state index in [0.29, 0.717) is 12.3 Å². The first-order chi connectivity index (χ1) is 8.20. The van der Waals surface area contributed by atoms with Gasteiger partial charge in [0.25, 0.3) is 0 Å². The van der Waals surface area contributed by atoms with Crippen molar-refractivity contribution in [1.82, 2.24) is 0 Å². The molecule has 0 amide bonds. The number of nitrogen functional groups attached to an aromatic ring is 1. The molecule has 0 aliphatic heterocycles. The van der Waals surface area contributed by atoms with E-state index in [2.05, 4.69) is 0 Å². The van der Waals surface area contributed by atoms with Crippen LogP contribution in [0.25, 0.3) is 11.1 Å². The summed E-state index contributed by atoms with van der Waals surface area (Å²) in [6.07, 6.45) is 0. The highest BCUT2D eigenvalue weighted by Crippen LogP contribution is 2.26. The van der Waals surface area contributed by atoms with Crippen LogP contribution in [0.1, 0.15) is 6.92 Å². The maximum absolute atomic E-state index is 13.7. The minimum Gasteiger partial charge on any atom is -0.491 e. The average Bonchev–Trinajstić information content (AvgIpc) is 2.33. The SMILES string of the molecule is CCOc1ccc(-c2ccc(N)cc2)cc1F. The summed E-state index contributed by atoms with van der Waals surface area (Å²) >= 11 is 0. The van der Waals surface area contributed by atoms with Crippen LogP contribution in [0.15, 0.2) is 42.5 Å². The predicted octanol–water partition coefficient (Wildman–Crippen LogP) is 3.47. The Morgan fingerprint density at radius 1 is 1.06 bits per heavy atom. The zero-order valence-corrected chi connectivity index (χ0v) is 9.61. The Hall–Kier alpha value is -2.03. The van der Waals surface area contributed by atoms with Gasteiger partial charge >= 0.3 is 0 Å². The van der Waals surface area contributed by atoms with Gasteiger partial charge in [-0.3, -0.25) is 0 Å². The highest BCUT2D eigenvalue weighted by Gasteiger charge is 2.05. The van der Waals surface area contributed by atoms with Crippen LogP contribution in [-0.4, -0.2) is 6.61 Å². The Kier molecular flexibility index (Phi) is 3.28. The summed E-state index contributed by atoms with van der Waals surface area (Å²) in [7, 11) is 0. The summed E-state index contributed by atoms with van der Waals surface area (Å²) in [5, 5.41) is 0. The number of hydrogen-bond donors (Lipinski definition) is 1. The lowest BCUT2D eigenvalue weighted by Gasteiger charge is -2.07. The van der Waals surface area contributed by atoms with Gasteiger partial charge in [0, 0.05) is 5.69 Å². The summed E-state index contributed by atoms with van der Waals surface area (Å²) in [6.45, 7) is 2.28. The van der Waals surface area contributed by atoms with Crippen LogP contribution in [-0.2, 0) is 0 Å². The van der Waals surface area contributed by atoms with Crippen LogP contribution in [0.5, 0.6) is 5.75 Å². The quantitative estimate of drug-likeness (QED) is 0.821. The second-order valence-corrected chi connectivity index (χ2v) is 3.70. The molecule has 2 rings (SSSR count). The first-order valence-corrected chi connectivity index (χ1v) is 5.49. The second kappa shape index (κ2) is 4.87. The van der Waals surface area contributed by atoms with Crippen molar-refractivity contribution in [2.45, 2.75) is 6.92 Å². The third kappa shape index (κ3) is 2.56. The molecule has 3 heteroatoms. The van der Waals surface area contributed by atoms with Gasteiger partial charge in [-0.05, 0) is 42.3 Å². The van der Waals surface area contributed by atoms with Crippen LogP contribution < -0.4 is 10.5 Å². The Balaban J connectivity index is 2.34. The van der Waals surface area contributed by atoms with Crippen molar-refractivity contribution in [2.75, 3.05) is 12.3 Å². The highest BCUT2D eigenvalue weighted by atomic mass is 19.1. The van der Waals surface area contributed by atoms with Gasteiger partial charge in [0.05, 0.1) is 6.61 Å². The lowest BCUT2D eigenvalue weighted by Crippen LogP contribution is -1.94. The number of anilines is 1. The Labute approximate surface area is 99.8 Å². The van der Waals surface area contributed by atoms with Gasteiger partial charge in [-0.1, -0.05) is 18.2 Å². The van der Waals surface area contributed by atoms with Crippen molar-refractivity contribution < 1.29 is 9.13 Å². The number of rotatable bonds is 3. The lowest BCUT2D eigenvalue weighted by molar-refractivity contribution is 0.321. The second-order valence-electron chi connectivity index (χ2n) is 3.70. The molecule has 0 atom stereocenters. The monoisotopic (exact) mass is 231 g/mol. The van der Waals surface area contributed by atoms with Crippen LogP contribution in [0, 0.1) is 5.82 Å². The smallest absolute Gasteiger partial charge is 0.165 e. The lowest BCUT2D eigenvalue weighted by atomic mass is 10.1. The first kappa shape index (κ1) is 11.5. The molecule has 0 aromatic heterocycles. The normalized spacial score (nSPS) is 10.2. The number of halogens is 1. The third-order valence-electron chi connectivity index (χ3n) is 2.48. The Morgan fingerprint density at radius 3 is 2.29 bits per heavy atom. The summed E-state index contributed by atoms with van der Waals surface area (Å²) in [5.41, 5.74) is 8.04. The van der Waals surface area contributed by atoms with Crippen molar-refractivity contribution >= 4 is 5.69 Å². The maximum Gasteiger partial charge on any atom is 0.165 e. The van der Waals surface area contributed by atoms with E-state index in [1.807, 2.05) is 25.1 Å². The van der Waals surface area contributed by atoms with Crippen molar-refractivity contribution in [2.24, 2.45) is 0 Å². The van der Waals surface area contributed by atoms with Gasteiger partial charge in [-0.25, -0.2) is 4.39 Å². The minimum atomic E-state index is -0.346. The van der Waals surface area contributed by atoms with Gasteiger partial charge in [0.1, 0.15) is 0 Å². The van der Waals surface area contributed by atoms with Crippen LogP contribution in [0.4, 0.5) is 10.1 Å². The molecule has 0 heterocycles. The zero-order chi connectivity index (χ0) is 12.3. The van der Waals surface area contributed by atoms with Crippen LogP contribution in [0.2, 0.25) is 0 Å². The van der Waals surface area contributed by atoms with E-state index < -0.39 is 0 Å². The molecule has 0 unspecified atom stereocenters. The van der Waals surface area contributed by atoms with Crippen LogP contribution in [0.3, 0.4) is 0 Å². The molecule has 0 aliphatic rings. The molecule has 0 saturated carbocycles. The summed E-state index contributed by atoms with van der Waals surface area (Å²) in [6, 6.07) is 12.3. The molecule has 0 bridgehead atoms. The molecule has 2 nitrogen and oxygen atoms in total. The van der Waals surface area contributed by atoms with E-state index in [4.69, 9.17) is 10.5 Å². The molecule has 0 spiro atoms. The van der Waals surface area contributed by atoms with Crippen molar-refractivity contribution in [3.8, 4) is 16.9 Å². The van der Waals surface area contributed by atoms with Crippen molar-refractivity contribution in [1.29, 1.82) is 0 Å². The zero-order valence-electron chi connectivity index (χ0n) is 9.61.